The lowest BCUT2D eigenvalue weighted by Gasteiger charge is -2.31. The predicted molar refractivity (Wildman–Crippen MR) is 85.4 cm³/mol. The number of halogens is 1. The number of methoxy groups -OCH3 is 1. The summed E-state index contributed by atoms with van der Waals surface area (Å²) in [7, 11) is 1.70. The standard InChI is InChI=1S/C16H24BrNO2/c1-3-18-15(13-6-8-20-9-7-13)11-12-4-5-16(19-2)14(17)10-12/h4-5,10,13,15,18H,3,6-9,11H2,1-2H3. The molecule has 1 N–H and O–H groups in total. The Balaban J connectivity index is 2.04. The minimum absolute atomic E-state index is 0.532. The molecule has 0 amide bonds. The molecule has 112 valence electrons. The Bertz CT molecular complexity index is 419. The number of benzene rings is 1. The largest absolute Gasteiger partial charge is 0.496 e. The SMILES string of the molecule is CCNC(Cc1ccc(OC)c(Br)c1)C1CCOCC1. The Morgan fingerprint density at radius 3 is 2.75 bits per heavy atom. The van der Waals surface area contributed by atoms with E-state index in [4.69, 9.17) is 9.47 Å². The van der Waals surface area contributed by atoms with Crippen LogP contribution in [0.25, 0.3) is 0 Å². The average molecular weight is 342 g/mol. The van der Waals surface area contributed by atoms with Crippen LogP contribution in [0.15, 0.2) is 22.7 Å². The summed E-state index contributed by atoms with van der Waals surface area (Å²) in [4.78, 5) is 0. The van der Waals surface area contributed by atoms with Crippen molar-refractivity contribution in [2.24, 2.45) is 5.92 Å². The van der Waals surface area contributed by atoms with Crippen LogP contribution in [0.5, 0.6) is 5.75 Å². The summed E-state index contributed by atoms with van der Waals surface area (Å²) in [5.74, 6) is 1.60. The zero-order valence-electron chi connectivity index (χ0n) is 12.3. The molecule has 0 aromatic heterocycles. The summed E-state index contributed by atoms with van der Waals surface area (Å²) in [6.45, 7) is 4.99. The van der Waals surface area contributed by atoms with E-state index >= 15 is 0 Å². The molecule has 1 aromatic rings. The van der Waals surface area contributed by atoms with Crippen molar-refractivity contribution in [3.8, 4) is 5.75 Å². The number of hydrogen-bond acceptors (Lipinski definition) is 3. The van der Waals surface area contributed by atoms with Gasteiger partial charge in [0.15, 0.2) is 0 Å². The zero-order valence-corrected chi connectivity index (χ0v) is 13.9. The molecule has 0 saturated carbocycles. The maximum atomic E-state index is 5.48. The molecular weight excluding hydrogens is 318 g/mol. The Morgan fingerprint density at radius 2 is 2.15 bits per heavy atom. The molecule has 0 spiro atoms. The van der Waals surface area contributed by atoms with Crippen LogP contribution >= 0.6 is 15.9 Å². The summed E-state index contributed by atoms with van der Waals surface area (Å²) in [6.07, 6.45) is 3.38. The van der Waals surface area contributed by atoms with Crippen molar-refractivity contribution in [1.29, 1.82) is 0 Å². The summed E-state index contributed by atoms with van der Waals surface area (Å²) in [6, 6.07) is 6.89. The Morgan fingerprint density at radius 1 is 1.40 bits per heavy atom. The molecule has 1 aromatic carbocycles. The Hall–Kier alpha value is -0.580. The average Bonchev–Trinajstić information content (AvgIpc) is 2.48. The predicted octanol–water partition coefficient (Wildman–Crippen LogP) is 3.40. The molecule has 3 nitrogen and oxygen atoms in total. The molecule has 1 unspecified atom stereocenters. The van der Waals surface area contributed by atoms with Gasteiger partial charge in [0.2, 0.25) is 0 Å². The summed E-state index contributed by atoms with van der Waals surface area (Å²) >= 11 is 3.57. The van der Waals surface area contributed by atoms with Gasteiger partial charge in [0.05, 0.1) is 11.6 Å². The van der Waals surface area contributed by atoms with Gasteiger partial charge in [0, 0.05) is 19.3 Å². The minimum atomic E-state index is 0.532. The van der Waals surface area contributed by atoms with E-state index in [1.807, 2.05) is 6.07 Å². The molecule has 20 heavy (non-hydrogen) atoms. The Labute approximate surface area is 130 Å². The summed E-state index contributed by atoms with van der Waals surface area (Å²) in [5.41, 5.74) is 1.34. The smallest absolute Gasteiger partial charge is 0.133 e. The molecule has 0 bridgehead atoms. The Kier molecular flexibility index (Phi) is 6.33. The first-order chi connectivity index (χ1) is 9.74. The van der Waals surface area contributed by atoms with Crippen molar-refractivity contribution in [3.63, 3.8) is 0 Å². The van der Waals surface area contributed by atoms with Crippen molar-refractivity contribution in [1.82, 2.24) is 5.32 Å². The maximum Gasteiger partial charge on any atom is 0.133 e. The maximum absolute atomic E-state index is 5.48. The summed E-state index contributed by atoms with van der Waals surface area (Å²) < 4.78 is 11.8. The normalized spacial score (nSPS) is 17.9. The van der Waals surface area contributed by atoms with Crippen LogP contribution in [-0.2, 0) is 11.2 Å². The van der Waals surface area contributed by atoms with Crippen LogP contribution in [0, 0.1) is 5.92 Å². The third-order valence-electron chi connectivity index (χ3n) is 3.97. The van der Waals surface area contributed by atoms with Crippen molar-refractivity contribution < 1.29 is 9.47 Å². The first-order valence-corrected chi connectivity index (χ1v) is 8.17. The highest BCUT2D eigenvalue weighted by molar-refractivity contribution is 9.10. The third kappa shape index (κ3) is 4.21. The minimum Gasteiger partial charge on any atom is -0.496 e. The topological polar surface area (TPSA) is 30.5 Å². The fraction of sp³-hybridized carbons (Fsp3) is 0.625. The van der Waals surface area contributed by atoms with Gasteiger partial charge in [-0.05, 0) is 65.4 Å². The molecule has 1 aliphatic heterocycles. The van der Waals surface area contributed by atoms with Crippen LogP contribution < -0.4 is 10.1 Å². The van der Waals surface area contributed by atoms with E-state index in [2.05, 4.69) is 40.3 Å². The highest BCUT2D eigenvalue weighted by Gasteiger charge is 2.23. The molecule has 1 atom stereocenters. The molecule has 4 heteroatoms. The monoisotopic (exact) mass is 341 g/mol. The van der Waals surface area contributed by atoms with E-state index in [0.29, 0.717) is 12.0 Å². The van der Waals surface area contributed by atoms with Gasteiger partial charge in [-0.2, -0.15) is 0 Å². The highest BCUT2D eigenvalue weighted by atomic mass is 79.9. The van der Waals surface area contributed by atoms with E-state index < -0.39 is 0 Å². The molecule has 0 aliphatic carbocycles. The van der Waals surface area contributed by atoms with Gasteiger partial charge in [-0.25, -0.2) is 0 Å². The third-order valence-corrected chi connectivity index (χ3v) is 4.59. The highest BCUT2D eigenvalue weighted by Crippen LogP contribution is 2.28. The molecule has 1 aliphatic rings. The summed E-state index contributed by atoms with van der Waals surface area (Å²) in [5, 5.41) is 3.65. The second-order valence-corrected chi connectivity index (χ2v) is 6.14. The van der Waals surface area contributed by atoms with Crippen LogP contribution in [-0.4, -0.2) is 32.9 Å². The number of likely N-dealkylation sites (N-methyl/N-ethyl adjacent to an activating group) is 1. The van der Waals surface area contributed by atoms with Gasteiger partial charge in [0.25, 0.3) is 0 Å². The number of rotatable bonds is 6. The van der Waals surface area contributed by atoms with E-state index in [-0.39, 0.29) is 0 Å². The van der Waals surface area contributed by atoms with Gasteiger partial charge in [-0.3, -0.25) is 0 Å². The van der Waals surface area contributed by atoms with Gasteiger partial charge in [0.1, 0.15) is 5.75 Å². The van der Waals surface area contributed by atoms with E-state index in [1.54, 1.807) is 7.11 Å². The fourth-order valence-electron chi connectivity index (χ4n) is 2.88. The lowest BCUT2D eigenvalue weighted by atomic mass is 9.87. The van der Waals surface area contributed by atoms with Crippen molar-refractivity contribution in [2.75, 3.05) is 26.9 Å². The molecule has 1 fully saturated rings. The second-order valence-electron chi connectivity index (χ2n) is 5.29. The van der Waals surface area contributed by atoms with Gasteiger partial charge >= 0.3 is 0 Å². The first kappa shape index (κ1) is 15.8. The zero-order chi connectivity index (χ0) is 14.4. The van der Waals surface area contributed by atoms with Crippen molar-refractivity contribution in [2.45, 2.75) is 32.2 Å². The molecule has 2 rings (SSSR count). The quantitative estimate of drug-likeness (QED) is 0.860. The van der Waals surface area contributed by atoms with Crippen LogP contribution in [0.4, 0.5) is 0 Å². The lowest BCUT2D eigenvalue weighted by molar-refractivity contribution is 0.0540. The van der Waals surface area contributed by atoms with Gasteiger partial charge in [-0.1, -0.05) is 13.0 Å². The van der Waals surface area contributed by atoms with Gasteiger partial charge in [-0.15, -0.1) is 0 Å². The number of nitrogens with one attached hydrogen (secondary N) is 1. The number of hydrogen-bond donors (Lipinski definition) is 1. The second kappa shape index (κ2) is 8.01. The van der Waals surface area contributed by atoms with Crippen molar-refractivity contribution >= 4 is 15.9 Å². The molecule has 1 saturated heterocycles. The van der Waals surface area contributed by atoms with E-state index in [9.17, 15) is 0 Å². The van der Waals surface area contributed by atoms with Crippen LogP contribution in [0.3, 0.4) is 0 Å². The first-order valence-electron chi connectivity index (χ1n) is 7.38. The van der Waals surface area contributed by atoms with Crippen LogP contribution in [0.1, 0.15) is 25.3 Å². The van der Waals surface area contributed by atoms with E-state index in [1.165, 1.54) is 5.56 Å². The lowest BCUT2D eigenvalue weighted by Crippen LogP contribution is -2.40. The van der Waals surface area contributed by atoms with E-state index in [0.717, 1.165) is 49.2 Å². The van der Waals surface area contributed by atoms with Crippen LogP contribution in [0.2, 0.25) is 0 Å². The molecule has 0 radical (unpaired) electrons. The number of ether oxygens (including phenoxy) is 2. The fourth-order valence-corrected chi connectivity index (χ4v) is 3.46. The van der Waals surface area contributed by atoms with Crippen molar-refractivity contribution in [3.05, 3.63) is 28.2 Å². The van der Waals surface area contributed by atoms with Gasteiger partial charge < -0.3 is 14.8 Å². The molecule has 1 heterocycles. The molecular formula is C16H24BrNO2.